The van der Waals surface area contributed by atoms with Gasteiger partial charge in [0, 0.05) is 24.0 Å². The Morgan fingerprint density at radius 2 is 1.77 bits per heavy atom. The monoisotopic (exact) mass is 337 g/mol. The first-order valence-corrected chi connectivity index (χ1v) is 7.86. The molecule has 0 aliphatic carbocycles. The summed E-state index contributed by atoms with van der Waals surface area (Å²) >= 11 is 7.18. The van der Waals surface area contributed by atoms with Gasteiger partial charge in [-0.15, -0.1) is 11.3 Å². The fourth-order valence-corrected chi connectivity index (χ4v) is 2.87. The third-order valence-electron chi connectivity index (χ3n) is 3.01. The molecule has 0 fully saturated rings. The number of hydrogen-bond donors (Lipinski definition) is 0. The Morgan fingerprint density at radius 1 is 1.14 bits per heavy atom. The molecule has 1 aromatic carbocycles. The Balaban J connectivity index is 2.09. The van der Waals surface area contributed by atoms with E-state index in [4.69, 9.17) is 16.3 Å². The molecule has 0 unspecified atom stereocenters. The molecule has 0 radical (unpaired) electrons. The molecule has 2 rings (SSSR count). The topological polar surface area (TPSA) is 46.6 Å². The number of thiophene rings is 1. The predicted molar refractivity (Wildman–Crippen MR) is 88.3 cm³/mol. The Kier molecular flexibility index (Phi) is 5.21. The van der Waals surface area contributed by atoms with Gasteiger partial charge >= 0.3 is 5.97 Å². The van der Waals surface area contributed by atoms with Crippen molar-refractivity contribution in [2.24, 2.45) is 0 Å². The zero-order chi connectivity index (χ0) is 16.3. The number of rotatable bonds is 4. The van der Waals surface area contributed by atoms with Crippen molar-refractivity contribution in [3.63, 3.8) is 0 Å². The fraction of sp³-hybridized carbons (Fsp3) is 0.250. The zero-order valence-electron chi connectivity index (χ0n) is 12.5. The molecule has 116 valence electrons. The minimum absolute atomic E-state index is 0.247. The summed E-state index contributed by atoms with van der Waals surface area (Å²) in [4.78, 5) is 26.6. The van der Waals surface area contributed by atoms with Gasteiger partial charge in [-0.05, 0) is 36.8 Å². The van der Waals surface area contributed by atoms with Gasteiger partial charge in [0.15, 0.2) is 6.10 Å². The highest BCUT2D eigenvalue weighted by molar-refractivity contribution is 7.17. The van der Waals surface area contributed by atoms with Crippen LogP contribution in [0, 0.1) is 0 Å². The van der Waals surface area contributed by atoms with E-state index in [0.29, 0.717) is 9.90 Å². The number of benzene rings is 1. The standard InChI is InChI=1S/C16H16ClNO3S/c1-10(15(19)18(2)3)21-16(20)14-9-8-13(22-14)11-4-6-12(17)7-5-11/h4-10H,1-3H3/t10-/m0/s1. The lowest BCUT2D eigenvalue weighted by Gasteiger charge is -2.16. The fourth-order valence-electron chi connectivity index (χ4n) is 1.85. The van der Waals surface area contributed by atoms with Crippen molar-refractivity contribution in [1.29, 1.82) is 0 Å². The molecule has 0 saturated heterocycles. The number of carbonyl (C=O) groups is 2. The quantitative estimate of drug-likeness (QED) is 0.799. The van der Waals surface area contributed by atoms with Gasteiger partial charge in [0.2, 0.25) is 0 Å². The third kappa shape index (κ3) is 3.87. The van der Waals surface area contributed by atoms with Crippen molar-refractivity contribution >= 4 is 34.8 Å². The van der Waals surface area contributed by atoms with Crippen LogP contribution in [0.1, 0.15) is 16.6 Å². The van der Waals surface area contributed by atoms with Crippen LogP contribution in [0.5, 0.6) is 0 Å². The van der Waals surface area contributed by atoms with E-state index in [9.17, 15) is 9.59 Å². The van der Waals surface area contributed by atoms with Crippen LogP contribution in [0.15, 0.2) is 36.4 Å². The van der Waals surface area contributed by atoms with Crippen LogP contribution < -0.4 is 0 Å². The summed E-state index contributed by atoms with van der Waals surface area (Å²) in [6.45, 7) is 1.56. The molecule has 6 heteroatoms. The summed E-state index contributed by atoms with van der Waals surface area (Å²) in [6, 6.07) is 10.9. The molecular formula is C16H16ClNO3S. The van der Waals surface area contributed by atoms with Crippen molar-refractivity contribution in [3.8, 4) is 10.4 Å². The molecule has 0 aliphatic heterocycles. The molecule has 22 heavy (non-hydrogen) atoms. The number of esters is 1. The van der Waals surface area contributed by atoms with E-state index in [1.54, 1.807) is 39.2 Å². The largest absolute Gasteiger partial charge is 0.448 e. The second-order valence-corrected chi connectivity index (χ2v) is 6.47. The van der Waals surface area contributed by atoms with E-state index in [1.807, 2.05) is 18.2 Å². The average molecular weight is 338 g/mol. The average Bonchev–Trinajstić information content (AvgIpc) is 2.96. The molecule has 0 spiro atoms. The summed E-state index contributed by atoms with van der Waals surface area (Å²) in [5.74, 6) is -0.740. The Bertz CT molecular complexity index is 679. The van der Waals surface area contributed by atoms with Crippen LogP contribution in [0.3, 0.4) is 0 Å². The molecule has 4 nitrogen and oxygen atoms in total. The van der Waals surface area contributed by atoms with Crippen LogP contribution in [0.4, 0.5) is 0 Å². The van der Waals surface area contributed by atoms with Gasteiger partial charge in [0.1, 0.15) is 4.88 Å². The summed E-state index contributed by atoms with van der Waals surface area (Å²) in [5, 5.41) is 0.663. The maximum atomic E-state index is 12.1. The first-order valence-electron chi connectivity index (χ1n) is 6.66. The first kappa shape index (κ1) is 16.5. The second kappa shape index (κ2) is 6.94. The second-order valence-electron chi connectivity index (χ2n) is 4.95. The number of nitrogens with zero attached hydrogens (tertiary/aromatic N) is 1. The molecule has 2 aromatic rings. The lowest BCUT2D eigenvalue weighted by atomic mass is 10.2. The zero-order valence-corrected chi connectivity index (χ0v) is 14.1. The molecule has 0 N–H and O–H groups in total. The summed E-state index contributed by atoms with van der Waals surface area (Å²) in [7, 11) is 3.24. The van der Waals surface area contributed by atoms with Crippen molar-refractivity contribution < 1.29 is 14.3 Å². The van der Waals surface area contributed by atoms with E-state index in [1.165, 1.54) is 16.2 Å². The number of ether oxygens (including phenoxy) is 1. The minimum atomic E-state index is -0.802. The summed E-state index contributed by atoms with van der Waals surface area (Å²) in [5.41, 5.74) is 0.978. The summed E-state index contributed by atoms with van der Waals surface area (Å²) in [6.07, 6.45) is -0.802. The van der Waals surface area contributed by atoms with Gasteiger partial charge in [-0.2, -0.15) is 0 Å². The van der Waals surface area contributed by atoms with Crippen LogP contribution in [-0.4, -0.2) is 37.0 Å². The number of amides is 1. The number of likely N-dealkylation sites (N-methyl/N-ethyl adjacent to an activating group) is 1. The van der Waals surface area contributed by atoms with Gasteiger partial charge in [-0.3, -0.25) is 4.79 Å². The molecule has 0 bridgehead atoms. The SMILES string of the molecule is C[C@H](OC(=O)c1ccc(-c2ccc(Cl)cc2)s1)C(=O)N(C)C. The van der Waals surface area contributed by atoms with Gasteiger partial charge in [-0.25, -0.2) is 4.79 Å². The smallest absolute Gasteiger partial charge is 0.349 e. The number of hydrogen-bond acceptors (Lipinski definition) is 4. The van der Waals surface area contributed by atoms with Crippen LogP contribution >= 0.6 is 22.9 Å². The van der Waals surface area contributed by atoms with Crippen LogP contribution in [0.2, 0.25) is 5.02 Å². The lowest BCUT2D eigenvalue weighted by molar-refractivity contribution is -0.137. The van der Waals surface area contributed by atoms with Crippen LogP contribution in [0.25, 0.3) is 10.4 Å². The van der Waals surface area contributed by atoms with E-state index in [2.05, 4.69) is 0 Å². The van der Waals surface area contributed by atoms with E-state index >= 15 is 0 Å². The van der Waals surface area contributed by atoms with Crippen LogP contribution in [-0.2, 0) is 9.53 Å². The molecule has 1 atom stereocenters. The molecule has 1 amide bonds. The molecule has 1 heterocycles. The maximum Gasteiger partial charge on any atom is 0.349 e. The van der Waals surface area contributed by atoms with Crippen molar-refractivity contribution in [3.05, 3.63) is 46.3 Å². The highest BCUT2D eigenvalue weighted by Crippen LogP contribution is 2.29. The van der Waals surface area contributed by atoms with Gasteiger partial charge in [0.25, 0.3) is 5.91 Å². The van der Waals surface area contributed by atoms with Gasteiger partial charge < -0.3 is 9.64 Å². The Labute approximate surface area is 138 Å². The Morgan fingerprint density at radius 3 is 2.36 bits per heavy atom. The number of halogens is 1. The van der Waals surface area contributed by atoms with Crippen molar-refractivity contribution in [2.75, 3.05) is 14.1 Å². The van der Waals surface area contributed by atoms with E-state index in [0.717, 1.165) is 10.4 Å². The minimum Gasteiger partial charge on any atom is -0.448 e. The molecule has 0 saturated carbocycles. The van der Waals surface area contributed by atoms with Gasteiger partial charge in [0.05, 0.1) is 0 Å². The molecule has 1 aromatic heterocycles. The first-order chi connectivity index (χ1) is 10.4. The lowest BCUT2D eigenvalue weighted by Crippen LogP contribution is -2.34. The summed E-state index contributed by atoms with van der Waals surface area (Å²) < 4.78 is 5.19. The normalized spacial score (nSPS) is 11.8. The van der Waals surface area contributed by atoms with Crippen molar-refractivity contribution in [1.82, 2.24) is 4.90 Å². The predicted octanol–water partition coefficient (Wildman–Crippen LogP) is 3.70. The maximum absolute atomic E-state index is 12.1. The number of carbonyl (C=O) groups excluding carboxylic acids is 2. The third-order valence-corrected chi connectivity index (χ3v) is 4.37. The highest BCUT2D eigenvalue weighted by atomic mass is 35.5. The molecular weight excluding hydrogens is 322 g/mol. The van der Waals surface area contributed by atoms with E-state index < -0.39 is 12.1 Å². The van der Waals surface area contributed by atoms with Crippen molar-refractivity contribution in [2.45, 2.75) is 13.0 Å². The Hall–Kier alpha value is -1.85. The molecule has 0 aliphatic rings. The highest BCUT2D eigenvalue weighted by Gasteiger charge is 2.21. The van der Waals surface area contributed by atoms with Gasteiger partial charge in [-0.1, -0.05) is 23.7 Å². The van der Waals surface area contributed by atoms with E-state index in [-0.39, 0.29) is 5.91 Å².